The number of benzene rings is 8. The van der Waals surface area contributed by atoms with Crippen LogP contribution in [0.5, 0.6) is 0 Å². The van der Waals surface area contributed by atoms with Gasteiger partial charge in [-0.2, -0.15) is 0 Å². The Morgan fingerprint density at radius 3 is 0.967 bits per heavy atom. The van der Waals surface area contributed by atoms with Crippen LogP contribution in [0.2, 0.25) is 6.55 Å². The Bertz CT molecular complexity index is 2040. The van der Waals surface area contributed by atoms with Gasteiger partial charge in [0, 0.05) is 18.9 Å². The lowest BCUT2D eigenvalue weighted by Gasteiger charge is -2.34. The first-order valence-corrected chi connectivity index (χ1v) is 24.1. The fourth-order valence-electron chi connectivity index (χ4n) is 6.18. The van der Waals surface area contributed by atoms with E-state index in [1.807, 2.05) is 107 Å². The average Bonchev–Trinajstić information content (AvgIpc) is 3.33. The summed E-state index contributed by atoms with van der Waals surface area (Å²) in [7, 11) is 0.379. The quantitative estimate of drug-likeness (QED) is 0.151. The number of anilines is 1. The van der Waals surface area contributed by atoms with Crippen molar-refractivity contribution in [1.82, 2.24) is 0 Å². The molecular formula is C58H69NSi. The number of rotatable bonds is 6. The molecule has 0 amide bonds. The average molecular weight is 808 g/mol. The molecule has 8 rings (SSSR count). The van der Waals surface area contributed by atoms with Crippen LogP contribution in [0.1, 0.15) is 44.4 Å². The Morgan fingerprint density at radius 2 is 0.633 bits per heavy atom. The van der Waals surface area contributed by atoms with Gasteiger partial charge in [0.15, 0.2) is 0 Å². The first-order valence-electron chi connectivity index (χ1n) is 21.4. The van der Waals surface area contributed by atoms with Crippen molar-refractivity contribution < 1.29 is 0 Å². The predicted octanol–water partition coefficient (Wildman–Crippen LogP) is 14.9. The van der Waals surface area contributed by atoms with Gasteiger partial charge in [-0.25, -0.2) is 0 Å². The molecule has 0 aliphatic carbocycles. The molecule has 0 fully saturated rings. The van der Waals surface area contributed by atoms with Gasteiger partial charge in [-0.05, 0) is 49.6 Å². The number of hydrogen-bond acceptors (Lipinski definition) is 1. The van der Waals surface area contributed by atoms with Crippen LogP contribution < -0.4 is 15.3 Å². The maximum atomic E-state index is 2.47. The first kappa shape index (κ1) is 49.9. The molecule has 0 spiro atoms. The lowest BCUT2D eigenvalue weighted by atomic mass is 10.0. The second kappa shape index (κ2) is 30.8. The van der Waals surface area contributed by atoms with Crippen molar-refractivity contribution >= 4 is 24.1 Å². The van der Waals surface area contributed by atoms with Crippen LogP contribution in [0.4, 0.5) is 5.69 Å². The van der Waals surface area contributed by atoms with Crippen molar-refractivity contribution in [3.8, 4) is 11.1 Å². The molecule has 0 aliphatic rings. The summed E-state index contributed by atoms with van der Waals surface area (Å²) in [6.45, 7) is 16.8. The Kier molecular flexibility index (Phi) is 25.6. The minimum atomic E-state index is -1.82. The molecule has 0 bridgehead atoms. The van der Waals surface area contributed by atoms with E-state index in [-0.39, 0.29) is 0 Å². The molecule has 2 heteroatoms. The van der Waals surface area contributed by atoms with Crippen molar-refractivity contribution in [1.29, 1.82) is 0 Å². The Hall–Kier alpha value is -6.22. The van der Waals surface area contributed by atoms with E-state index in [0.717, 1.165) is 6.17 Å². The minimum absolute atomic E-state index is 1.06. The highest BCUT2D eigenvalue weighted by atomic mass is 28.3. The van der Waals surface area contributed by atoms with Crippen LogP contribution in [0.3, 0.4) is 0 Å². The normalized spacial score (nSPS) is 9.48. The lowest BCUT2D eigenvalue weighted by molar-refractivity contribution is 1.07. The maximum absolute atomic E-state index is 2.47. The predicted molar refractivity (Wildman–Crippen MR) is 272 cm³/mol. The molecule has 1 nitrogen and oxygen atoms in total. The van der Waals surface area contributed by atoms with Gasteiger partial charge in [-0.3, -0.25) is 0 Å². The van der Waals surface area contributed by atoms with E-state index in [2.05, 4.69) is 203 Å². The smallest absolute Gasteiger partial charge is 0.134 e. The van der Waals surface area contributed by atoms with Crippen LogP contribution in [0, 0.1) is 20.8 Å². The van der Waals surface area contributed by atoms with Gasteiger partial charge in [0.05, 0.1) is 0 Å². The van der Waals surface area contributed by atoms with Crippen LogP contribution >= 0.6 is 0 Å². The van der Waals surface area contributed by atoms with Crippen molar-refractivity contribution in [2.24, 2.45) is 0 Å². The van der Waals surface area contributed by atoms with E-state index in [0.29, 0.717) is 0 Å². The molecule has 310 valence electrons. The third-order valence-corrected chi connectivity index (χ3v) is 13.7. The molecule has 0 saturated carbocycles. The van der Waals surface area contributed by atoms with Gasteiger partial charge >= 0.3 is 0 Å². The summed E-state index contributed by atoms with van der Waals surface area (Å²) in [6, 6.07) is 84.1. The van der Waals surface area contributed by atoms with Crippen LogP contribution in [0.25, 0.3) is 11.1 Å². The van der Waals surface area contributed by atoms with Gasteiger partial charge in [0.1, 0.15) is 8.07 Å². The number of para-hydroxylation sites is 1. The van der Waals surface area contributed by atoms with Crippen molar-refractivity contribution in [2.75, 3.05) is 18.1 Å². The summed E-state index contributed by atoms with van der Waals surface area (Å²) in [6.07, 6.45) is 1.06. The zero-order valence-corrected chi connectivity index (χ0v) is 38.7. The van der Waals surface area contributed by atoms with Gasteiger partial charge < -0.3 is 4.90 Å². The number of aryl methyl sites for hydroxylation is 3. The van der Waals surface area contributed by atoms with E-state index in [9.17, 15) is 0 Å². The second-order valence-corrected chi connectivity index (χ2v) is 18.0. The first-order chi connectivity index (χ1) is 29.4. The zero-order chi connectivity index (χ0) is 43.7. The largest absolute Gasteiger partial charge is 0.377 e. The van der Waals surface area contributed by atoms with Gasteiger partial charge in [-0.15, -0.1) is 0 Å². The lowest BCUT2D eigenvalue weighted by Crippen LogP contribution is -2.62. The van der Waals surface area contributed by atoms with Crippen LogP contribution in [0.15, 0.2) is 243 Å². The molecule has 0 radical (unpaired) electrons. The van der Waals surface area contributed by atoms with Crippen molar-refractivity contribution in [2.45, 2.75) is 55.0 Å². The topological polar surface area (TPSA) is 3.24 Å². The van der Waals surface area contributed by atoms with Gasteiger partial charge in [0.2, 0.25) is 0 Å². The van der Waals surface area contributed by atoms with Gasteiger partial charge in [0.25, 0.3) is 0 Å². The molecule has 0 unspecified atom stereocenters. The molecule has 8 aromatic carbocycles. The highest BCUT2D eigenvalue weighted by Gasteiger charge is 2.33. The van der Waals surface area contributed by atoms with E-state index >= 15 is 0 Å². The fourth-order valence-corrected chi connectivity index (χ4v) is 9.86. The molecule has 0 saturated heterocycles. The molecular weight excluding hydrogens is 739 g/mol. The van der Waals surface area contributed by atoms with E-state index in [1.54, 1.807) is 0 Å². The molecule has 0 N–H and O–H groups in total. The summed E-state index contributed by atoms with van der Waals surface area (Å²) >= 11 is 0. The molecule has 8 aromatic rings. The summed E-state index contributed by atoms with van der Waals surface area (Å²) in [5.74, 6) is 0. The molecule has 0 aliphatic heterocycles. The Labute approximate surface area is 366 Å². The van der Waals surface area contributed by atoms with Crippen molar-refractivity contribution in [3.05, 3.63) is 259 Å². The number of hydrogen-bond donors (Lipinski definition) is 0. The van der Waals surface area contributed by atoms with Gasteiger partial charge in [-0.1, -0.05) is 286 Å². The maximum Gasteiger partial charge on any atom is 0.134 e. The third-order valence-electron chi connectivity index (χ3n) is 9.35. The Morgan fingerprint density at radius 1 is 0.350 bits per heavy atom. The molecule has 0 aromatic heterocycles. The zero-order valence-electron chi connectivity index (χ0n) is 37.7. The third kappa shape index (κ3) is 19.0. The van der Waals surface area contributed by atoms with E-state index < -0.39 is 8.07 Å². The summed E-state index contributed by atoms with van der Waals surface area (Å²) in [5, 5.41) is 2.96. The summed E-state index contributed by atoms with van der Waals surface area (Å²) < 4.78 is 0. The van der Waals surface area contributed by atoms with E-state index in [4.69, 9.17) is 0 Å². The highest BCUT2D eigenvalue weighted by molar-refractivity contribution is 7.01. The number of nitrogens with zero attached hydrogens (tertiary/aromatic N) is 1. The molecule has 0 atom stereocenters. The fraction of sp³-hybridized carbons (Fsp3) is 0.172. The standard InChI is InChI=1S/C21H23NSi.C13H12.2C7H8.C6H6.2C2H6/c1-22(19-12-6-3-7-13-19)18-23(2,20-14-8-4-9-15-20)21-16-10-5-11-17-21;1-11-7-5-6-10-13(11)12-8-3-2-4-9-12;2*1-7-5-3-2-4-6-7;1-2-4-6-5-3-1;2*1-2/h3-17H,18H2,1-2H3;2-10H,1H3;2*2-6H,1H3;1-6H;2*1-2H3. The minimum Gasteiger partial charge on any atom is -0.377 e. The second-order valence-electron chi connectivity index (χ2n) is 13.9. The molecule has 0 heterocycles. The van der Waals surface area contributed by atoms with Crippen LogP contribution in [-0.4, -0.2) is 21.3 Å². The monoisotopic (exact) mass is 808 g/mol. The Balaban J connectivity index is 0.000000281. The van der Waals surface area contributed by atoms with E-state index in [1.165, 1.54) is 43.9 Å². The van der Waals surface area contributed by atoms with Crippen molar-refractivity contribution in [3.63, 3.8) is 0 Å². The summed E-state index contributed by atoms with van der Waals surface area (Å²) in [4.78, 5) is 2.40. The summed E-state index contributed by atoms with van der Waals surface area (Å²) in [5.41, 5.74) is 7.86. The SMILES string of the molecule is CC.CC.CN(C[Si](C)(c1ccccc1)c1ccccc1)c1ccccc1.Cc1ccccc1.Cc1ccccc1.Cc1ccccc1-c1ccccc1.c1ccccc1. The molecule has 60 heavy (non-hydrogen) atoms. The highest BCUT2D eigenvalue weighted by Crippen LogP contribution is 2.22. The van der Waals surface area contributed by atoms with Crippen LogP contribution in [-0.2, 0) is 0 Å².